The van der Waals surface area contributed by atoms with E-state index < -0.39 is 0 Å². The van der Waals surface area contributed by atoms with Gasteiger partial charge < -0.3 is 5.32 Å². The second-order valence-electron chi connectivity index (χ2n) is 5.36. The molecule has 0 fully saturated rings. The second-order valence-corrected chi connectivity index (χ2v) is 6.33. The fraction of sp³-hybridized carbons (Fsp3) is 0.278. The number of hydrogen-bond donors (Lipinski definition) is 1. The van der Waals surface area contributed by atoms with Gasteiger partial charge in [0.15, 0.2) is 0 Å². The summed E-state index contributed by atoms with van der Waals surface area (Å²) in [5, 5.41) is 12.8. The van der Waals surface area contributed by atoms with Crippen molar-refractivity contribution in [3.8, 4) is 6.07 Å². The molecular formula is C18H19N3OS. The summed E-state index contributed by atoms with van der Waals surface area (Å²) in [5.74, 6) is 0.180. The SMILES string of the molecule is Cc1cc(C)c(C#N)c(SCC(=O)NCc2ccccc2C)n1. The van der Waals surface area contributed by atoms with Crippen molar-refractivity contribution in [2.45, 2.75) is 32.3 Å². The van der Waals surface area contributed by atoms with Gasteiger partial charge in [-0.25, -0.2) is 4.98 Å². The largest absolute Gasteiger partial charge is 0.351 e. The van der Waals surface area contributed by atoms with Gasteiger partial charge in [0.05, 0.1) is 11.3 Å². The molecule has 0 saturated carbocycles. The van der Waals surface area contributed by atoms with E-state index >= 15 is 0 Å². The number of nitrogens with one attached hydrogen (secondary N) is 1. The lowest BCUT2D eigenvalue weighted by molar-refractivity contribution is -0.118. The van der Waals surface area contributed by atoms with Crippen LogP contribution in [0.25, 0.3) is 0 Å². The molecule has 0 unspecified atom stereocenters. The van der Waals surface area contributed by atoms with Gasteiger partial charge in [0, 0.05) is 12.2 Å². The summed E-state index contributed by atoms with van der Waals surface area (Å²) in [4.78, 5) is 16.4. The van der Waals surface area contributed by atoms with E-state index in [1.807, 2.05) is 51.1 Å². The number of rotatable bonds is 5. The Morgan fingerprint density at radius 1 is 1.26 bits per heavy atom. The maximum Gasteiger partial charge on any atom is 0.230 e. The van der Waals surface area contributed by atoms with Gasteiger partial charge in [0.25, 0.3) is 0 Å². The molecule has 0 spiro atoms. The van der Waals surface area contributed by atoms with E-state index in [0.29, 0.717) is 17.1 Å². The van der Waals surface area contributed by atoms with Crippen molar-refractivity contribution in [1.29, 1.82) is 5.26 Å². The topological polar surface area (TPSA) is 65.8 Å². The summed E-state index contributed by atoms with van der Waals surface area (Å²) >= 11 is 1.30. The van der Waals surface area contributed by atoms with E-state index in [2.05, 4.69) is 16.4 Å². The molecular weight excluding hydrogens is 306 g/mol. The molecule has 2 rings (SSSR count). The number of aryl methyl sites for hydroxylation is 3. The second kappa shape index (κ2) is 7.80. The molecule has 5 heteroatoms. The summed E-state index contributed by atoms with van der Waals surface area (Å²) in [6.07, 6.45) is 0. The minimum atomic E-state index is -0.0666. The number of nitriles is 1. The summed E-state index contributed by atoms with van der Waals surface area (Å²) in [6.45, 7) is 6.30. The Morgan fingerprint density at radius 3 is 2.70 bits per heavy atom. The molecule has 0 bridgehead atoms. The Labute approximate surface area is 140 Å². The van der Waals surface area contributed by atoms with Gasteiger partial charge in [0.1, 0.15) is 11.1 Å². The highest BCUT2D eigenvalue weighted by Gasteiger charge is 2.11. The first kappa shape index (κ1) is 17.0. The number of benzene rings is 1. The Balaban J connectivity index is 1.95. The third-order valence-corrected chi connectivity index (χ3v) is 4.48. The van der Waals surface area contributed by atoms with Crippen LogP contribution in [0.15, 0.2) is 35.4 Å². The molecule has 0 aliphatic heterocycles. The normalized spacial score (nSPS) is 10.2. The van der Waals surface area contributed by atoms with Gasteiger partial charge in [-0.15, -0.1) is 0 Å². The van der Waals surface area contributed by atoms with Crippen LogP contribution in [0.5, 0.6) is 0 Å². The van der Waals surface area contributed by atoms with Crippen molar-refractivity contribution in [3.63, 3.8) is 0 Å². The smallest absolute Gasteiger partial charge is 0.230 e. The number of thioether (sulfide) groups is 1. The summed E-state index contributed by atoms with van der Waals surface area (Å²) in [5.41, 5.74) is 4.55. The Bertz CT molecular complexity index is 765. The monoisotopic (exact) mass is 325 g/mol. The van der Waals surface area contributed by atoms with Crippen LogP contribution in [0.1, 0.15) is 27.9 Å². The molecule has 1 N–H and O–H groups in total. The van der Waals surface area contributed by atoms with E-state index in [1.54, 1.807) is 0 Å². The first-order valence-corrected chi connectivity index (χ1v) is 8.32. The molecule has 1 amide bonds. The van der Waals surface area contributed by atoms with Crippen LogP contribution in [0.4, 0.5) is 0 Å². The lowest BCUT2D eigenvalue weighted by atomic mass is 10.1. The lowest BCUT2D eigenvalue weighted by Gasteiger charge is -2.09. The van der Waals surface area contributed by atoms with Gasteiger partial charge in [-0.3, -0.25) is 4.79 Å². The van der Waals surface area contributed by atoms with Crippen molar-refractivity contribution in [2.75, 3.05) is 5.75 Å². The maximum absolute atomic E-state index is 12.0. The van der Waals surface area contributed by atoms with E-state index in [9.17, 15) is 10.1 Å². The van der Waals surface area contributed by atoms with Crippen LogP contribution in [-0.2, 0) is 11.3 Å². The van der Waals surface area contributed by atoms with Crippen molar-refractivity contribution in [3.05, 3.63) is 58.3 Å². The standard InChI is InChI=1S/C18H19N3OS/c1-12-6-4-5-7-15(12)10-20-17(22)11-23-18-16(9-19)13(2)8-14(3)21-18/h4-8H,10-11H2,1-3H3,(H,20,22). The quantitative estimate of drug-likeness (QED) is 0.857. The Morgan fingerprint density at radius 2 is 2.00 bits per heavy atom. The lowest BCUT2D eigenvalue weighted by Crippen LogP contribution is -2.25. The van der Waals surface area contributed by atoms with Gasteiger partial charge in [-0.05, 0) is 43.5 Å². The molecule has 4 nitrogen and oxygen atoms in total. The molecule has 1 aromatic heterocycles. The minimum Gasteiger partial charge on any atom is -0.351 e. The molecule has 0 radical (unpaired) electrons. The fourth-order valence-corrected chi connectivity index (χ4v) is 3.16. The van der Waals surface area contributed by atoms with E-state index in [0.717, 1.165) is 22.4 Å². The fourth-order valence-electron chi connectivity index (χ4n) is 2.23. The molecule has 0 saturated heterocycles. The number of nitrogens with zero attached hydrogens (tertiary/aromatic N) is 2. The number of hydrogen-bond acceptors (Lipinski definition) is 4. The molecule has 0 atom stereocenters. The number of pyridine rings is 1. The minimum absolute atomic E-state index is 0.0666. The van der Waals surface area contributed by atoms with Crippen LogP contribution in [0, 0.1) is 32.1 Å². The zero-order valence-electron chi connectivity index (χ0n) is 13.5. The van der Waals surface area contributed by atoms with Crippen LogP contribution in [0.3, 0.4) is 0 Å². The van der Waals surface area contributed by atoms with Crippen molar-refractivity contribution in [2.24, 2.45) is 0 Å². The average molecular weight is 325 g/mol. The predicted octanol–water partition coefficient (Wildman–Crippen LogP) is 3.29. The highest BCUT2D eigenvalue weighted by molar-refractivity contribution is 8.00. The first-order valence-electron chi connectivity index (χ1n) is 7.33. The van der Waals surface area contributed by atoms with Gasteiger partial charge >= 0.3 is 0 Å². The Hall–Kier alpha value is -2.32. The van der Waals surface area contributed by atoms with Crippen LogP contribution in [-0.4, -0.2) is 16.6 Å². The van der Waals surface area contributed by atoms with E-state index in [-0.39, 0.29) is 11.7 Å². The van der Waals surface area contributed by atoms with E-state index in [1.165, 1.54) is 11.8 Å². The number of aromatic nitrogens is 1. The third-order valence-electron chi connectivity index (χ3n) is 3.50. The zero-order valence-corrected chi connectivity index (χ0v) is 14.3. The number of carbonyl (C=O) groups excluding carboxylic acids is 1. The summed E-state index contributed by atoms with van der Waals surface area (Å²) in [6, 6.07) is 12.0. The van der Waals surface area contributed by atoms with E-state index in [4.69, 9.17) is 0 Å². The zero-order chi connectivity index (χ0) is 16.8. The molecule has 2 aromatic rings. The molecule has 118 valence electrons. The third kappa shape index (κ3) is 4.57. The van der Waals surface area contributed by atoms with Crippen LogP contribution in [0.2, 0.25) is 0 Å². The highest BCUT2D eigenvalue weighted by atomic mass is 32.2. The van der Waals surface area contributed by atoms with Crippen LogP contribution >= 0.6 is 11.8 Å². The average Bonchev–Trinajstić information content (AvgIpc) is 2.51. The van der Waals surface area contributed by atoms with Crippen LogP contribution < -0.4 is 5.32 Å². The summed E-state index contributed by atoms with van der Waals surface area (Å²) in [7, 11) is 0. The molecule has 0 aliphatic rings. The highest BCUT2D eigenvalue weighted by Crippen LogP contribution is 2.23. The number of amides is 1. The van der Waals surface area contributed by atoms with Crippen molar-refractivity contribution >= 4 is 17.7 Å². The van der Waals surface area contributed by atoms with Gasteiger partial charge in [-0.2, -0.15) is 5.26 Å². The molecule has 0 aliphatic carbocycles. The molecule has 23 heavy (non-hydrogen) atoms. The molecule has 1 aromatic carbocycles. The maximum atomic E-state index is 12.0. The predicted molar refractivity (Wildman–Crippen MR) is 92.2 cm³/mol. The van der Waals surface area contributed by atoms with Crippen molar-refractivity contribution in [1.82, 2.24) is 10.3 Å². The first-order chi connectivity index (χ1) is 11.0. The Kier molecular flexibility index (Phi) is 5.78. The number of carbonyl (C=O) groups is 1. The van der Waals surface area contributed by atoms with Gasteiger partial charge in [-0.1, -0.05) is 36.0 Å². The summed E-state index contributed by atoms with van der Waals surface area (Å²) < 4.78 is 0. The van der Waals surface area contributed by atoms with Crippen molar-refractivity contribution < 1.29 is 4.79 Å². The molecule has 1 heterocycles. The van der Waals surface area contributed by atoms with Gasteiger partial charge in [0.2, 0.25) is 5.91 Å².